The van der Waals surface area contributed by atoms with E-state index in [1.54, 1.807) is 0 Å². The van der Waals surface area contributed by atoms with Crippen molar-refractivity contribution in [3.05, 3.63) is 22.6 Å². The first-order chi connectivity index (χ1) is 8.92. The minimum atomic E-state index is -1.08. The highest BCUT2D eigenvalue weighted by atomic mass is 16.4. The van der Waals surface area contributed by atoms with Gasteiger partial charge in [-0.05, 0) is 19.3 Å². The minimum absolute atomic E-state index is 0.0590. The Bertz CT molecular complexity index is 506. The maximum Gasteiger partial charge on any atom is 0.340 e. The van der Waals surface area contributed by atoms with Crippen LogP contribution < -0.4 is 0 Å². The molecule has 1 aromatic heterocycles. The molecule has 0 saturated heterocycles. The first kappa shape index (κ1) is 13.8. The number of furan rings is 1. The predicted octanol–water partition coefficient (Wildman–Crippen LogP) is 3.75. The van der Waals surface area contributed by atoms with Crippen LogP contribution in [0.5, 0.6) is 0 Å². The van der Waals surface area contributed by atoms with Crippen molar-refractivity contribution in [1.82, 2.24) is 0 Å². The third kappa shape index (κ3) is 2.20. The van der Waals surface area contributed by atoms with Crippen LogP contribution in [-0.4, -0.2) is 17.4 Å². The first-order valence-corrected chi connectivity index (χ1v) is 6.78. The molecule has 0 aromatic carbocycles. The van der Waals surface area contributed by atoms with Gasteiger partial charge in [-0.3, -0.25) is 4.79 Å². The molecule has 19 heavy (non-hydrogen) atoms. The standard InChI is InChI=1S/C15H20O4/c1-4-15(2,3)13-11(14(17)18)10(8-16)12(19-13)9-6-5-7-9/h8-9H,4-7H2,1-3H3,(H,17,18). The topological polar surface area (TPSA) is 67.5 Å². The molecule has 104 valence electrons. The van der Waals surface area contributed by atoms with E-state index < -0.39 is 5.97 Å². The highest BCUT2D eigenvalue weighted by molar-refractivity contribution is 5.99. The monoisotopic (exact) mass is 264 g/mol. The van der Waals surface area contributed by atoms with Crippen molar-refractivity contribution in [1.29, 1.82) is 0 Å². The van der Waals surface area contributed by atoms with E-state index in [-0.39, 0.29) is 22.5 Å². The number of hydrogen-bond donors (Lipinski definition) is 1. The third-order valence-corrected chi connectivity index (χ3v) is 4.28. The number of hydrogen-bond acceptors (Lipinski definition) is 3. The number of carboxylic acid groups (broad SMARTS) is 1. The predicted molar refractivity (Wildman–Crippen MR) is 71.0 cm³/mol. The van der Waals surface area contributed by atoms with Gasteiger partial charge in [0.25, 0.3) is 0 Å². The van der Waals surface area contributed by atoms with Gasteiger partial charge in [-0.15, -0.1) is 0 Å². The van der Waals surface area contributed by atoms with E-state index in [9.17, 15) is 14.7 Å². The van der Waals surface area contributed by atoms with Gasteiger partial charge in [0.15, 0.2) is 6.29 Å². The van der Waals surface area contributed by atoms with Crippen molar-refractivity contribution < 1.29 is 19.1 Å². The maximum atomic E-state index is 11.5. The van der Waals surface area contributed by atoms with Gasteiger partial charge in [-0.25, -0.2) is 4.79 Å². The van der Waals surface area contributed by atoms with Crippen LogP contribution in [0.25, 0.3) is 0 Å². The molecular weight excluding hydrogens is 244 g/mol. The Balaban J connectivity index is 2.62. The van der Waals surface area contributed by atoms with Crippen molar-refractivity contribution >= 4 is 12.3 Å². The highest BCUT2D eigenvalue weighted by Gasteiger charge is 2.37. The zero-order valence-corrected chi connectivity index (χ0v) is 11.7. The van der Waals surface area contributed by atoms with Crippen LogP contribution in [0.1, 0.15) is 84.6 Å². The van der Waals surface area contributed by atoms with E-state index in [2.05, 4.69) is 0 Å². The summed E-state index contributed by atoms with van der Waals surface area (Å²) in [4.78, 5) is 22.8. The molecule has 2 rings (SSSR count). The van der Waals surface area contributed by atoms with E-state index in [0.717, 1.165) is 25.7 Å². The average Bonchev–Trinajstić information content (AvgIpc) is 2.66. The molecule has 0 bridgehead atoms. The minimum Gasteiger partial charge on any atom is -0.478 e. The number of carbonyl (C=O) groups is 2. The summed E-state index contributed by atoms with van der Waals surface area (Å²) in [5.74, 6) is 0.148. The summed E-state index contributed by atoms with van der Waals surface area (Å²) >= 11 is 0. The van der Waals surface area contributed by atoms with E-state index in [1.807, 2.05) is 20.8 Å². The van der Waals surface area contributed by atoms with Crippen LogP contribution in [0.3, 0.4) is 0 Å². The first-order valence-electron chi connectivity index (χ1n) is 6.78. The molecule has 0 aliphatic heterocycles. The summed E-state index contributed by atoms with van der Waals surface area (Å²) in [6.45, 7) is 5.87. The van der Waals surface area contributed by atoms with Crippen LogP contribution in [0.4, 0.5) is 0 Å². The van der Waals surface area contributed by atoms with Crippen LogP contribution >= 0.6 is 0 Å². The number of rotatable bonds is 5. The Morgan fingerprint density at radius 2 is 2.11 bits per heavy atom. The molecule has 0 spiro atoms. The van der Waals surface area contributed by atoms with E-state index >= 15 is 0 Å². The molecule has 1 N–H and O–H groups in total. The van der Waals surface area contributed by atoms with Gasteiger partial charge in [0.1, 0.15) is 17.1 Å². The maximum absolute atomic E-state index is 11.5. The fourth-order valence-corrected chi connectivity index (χ4v) is 2.40. The normalized spacial score (nSPS) is 16.2. The molecule has 1 aliphatic carbocycles. The Hall–Kier alpha value is -1.58. The smallest absolute Gasteiger partial charge is 0.340 e. The summed E-state index contributed by atoms with van der Waals surface area (Å²) in [6, 6.07) is 0. The highest BCUT2D eigenvalue weighted by Crippen LogP contribution is 2.43. The van der Waals surface area contributed by atoms with E-state index in [1.165, 1.54) is 0 Å². The largest absolute Gasteiger partial charge is 0.478 e. The Labute approximate surface area is 112 Å². The van der Waals surface area contributed by atoms with Gasteiger partial charge >= 0.3 is 5.97 Å². The Morgan fingerprint density at radius 1 is 1.47 bits per heavy atom. The van der Waals surface area contributed by atoms with Crippen molar-refractivity contribution in [2.45, 2.75) is 57.8 Å². The van der Waals surface area contributed by atoms with Crippen molar-refractivity contribution in [2.75, 3.05) is 0 Å². The second kappa shape index (κ2) is 4.83. The number of aldehydes is 1. The zero-order valence-electron chi connectivity index (χ0n) is 11.7. The van der Waals surface area contributed by atoms with Gasteiger partial charge in [-0.1, -0.05) is 27.2 Å². The molecule has 0 radical (unpaired) electrons. The molecule has 4 nitrogen and oxygen atoms in total. The number of carboxylic acids is 1. The van der Waals surface area contributed by atoms with Gasteiger partial charge in [0, 0.05) is 11.3 Å². The lowest BCUT2D eigenvalue weighted by atomic mass is 9.81. The lowest BCUT2D eigenvalue weighted by molar-refractivity contribution is 0.0689. The third-order valence-electron chi connectivity index (χ3n) is 4.28. The molecule has 4 heteroatoms. The fourth-order valence-electron chi connectivity index (χ4n) is 2.40. The molecule has 1 aliphatic rings. The van der Waals surface area contributed by atoms with Crippen LogP contribution in [0.15, 0.2) is 4.42 Å². The van der Waals surface area contributed by atoms with Gasteiger partial charge in [0.05, 0.1) is 5.56 Å². The molecule has 0 amide bonds. The number of aromatic carboxylic acids is 1. The molecule has 1 heterocycles. The lowest BCUT2D eigenvalue weighted by Crippen LogP contribution is -2.18. The molecule has 1 fully saturated rings. The molecular formula is C15H20O4. The summed E-state index contributed by atoms with van der Waals surface area (Å²) in [7, 11) is 0. The Kier molecular flexibility index (Phi) is 3.52. The van der Waals surface area contributed by atoms with E-state index in [4.69, 9.17) is 4.42 Å². The lowest BCUT2D eigenvalue weighted by Gasteiger charge is -2.24. The summed E-state index contributed by atoms with van der Waals surface area (Å²) < 4.78 is 5.85. The summed E-state index contributed by atoms with van der Waals surface area (Å²) in [5.41, 5.74) is -0.0783. The van der Waals surface area contributed by atoms with Crippen LogP contribution in [0.2, 0.25) is 0 Å². The van der Waals surface area contributed by atoms with Crippen molar-refractivity contribution in [2.24, 2.45) is 0 Å². The quantitative estimate of drug-likeness (QED) is 0.822. The van der Waals surface area contributed by atoms with Gasteiger partial charge in [-0.2, -0.15) is 0 Å². The van der Waals surface area contributed by atoms with Crippen LogP contribution in [0, 0.1) is 0 Å². The Morgan fingerprint density at radius 3 is 2.47 bits per heavy atom. The summed E-state index contributed by atoms with van der Waals surface area (Å²) in [5, 5.41) is 9.40. The van der Waals surface area contributed by atoms with Crippen molar-refractivity contribution in [3.8, 4) is 0 Å². The number of carbonyl (C=O) groups excluding carboxylic acids is 1. The molecule has 1 saturated carbocycles. The van der Waals surface area contributed by atoms with Crippen LogP contribution in [-0.2, 0) is 5.41 Å². The molecule has 0 unspecified atom stereocenters. The van der Waals surface area contributed by atoms with Crippen molar-refractivity contribution in [3.63, 3.8) is 0 Å². The molecule has 1 aromatic rings. The fraction of sp³-hybridized carbons (Fsp3) is 0.600. The average molecular weight is 264 g/mol. The van der Waals surface area contributed by atoms with Gasteiger partial charge < -0.3 is 9.52 Å². The van der Waals surface area contributed by atoms with Gasteiger partial charge in [0.2, 0.25) is 0 Å². The second-order valence-corrected chi connectivity index (χ2v) is 5.87. The SMILES string of the molecule is CCC(C)(C)c1oc(C2CCC2)c(C=O)c1C(=O)O. The van der Waals surface area contributed by atoms with E-state index in [0.29, 0.717) is 17.8 Å². The zero-order chi connectivity index (χ0) is 14.2. The second-order valence-electron chi connectivity index (χ2n) is 5.87. The molecule has 0 atom stereocenters. The summed E-state index contributed by atoms with van der Waals surface area (Å²) in [6.07, 6.45) is 4.44.